The van der Waals surface area contributed by atoms with Crippen molar-refractivity contribution in [3.63, 3.8) is 0 Å². The van der Waals surface area contributed by atoms with Crippen LogP contribution >= 0.6 is 0 Å². The maximum absolute atomic E-state index is 12.8. The minimum absolute atomic E-state index is 0.0137. The van der Waals surface area contributed by atoms with Crippen molar-refractivity contribution in [2.45, 2.75) is 239 Å². The Labute approximate surface area is 329 Å². The molecule has 0 aromatic heterocycles. The Morgan fingerprint density at radius 1 is 0.453 bits per heavy atom. The van der Waals surface area contributed by atoms with E-state index < -0.39 is 0 Å². The van der Waals surface area contributed by atoms with Gasteiger partial charge in [0, 0.05) is 19.4 Å². The molecule has 7 nitrogen and oxygen atoms in total. The molecule has 0 aromatic rings. The highest BCUT2D eigenvalue weighted by molar-refractivity contribution is 5.69. The number of rotatable bonds is 44. The molecule has 0 bridgehead atoms. The van der Waals surface area contributed by atoms with Gasteiger partial charge < -0.3 is 24.2 Å². The van der Waals surface area contributed by atoms with Gasteiger partial charge in [0.25, 0.3) is 0 Å². The van der Waals surface area contributed by atoms with E-state index in [9.17, 15) is 9.59 Å². The third-order valence-electron chi connectivity index (χ3n) is 10.6. The highest BCUT2D eigenvalue weighted by atomic mass is 16.5. The lowest BCUT2D eigenvalue weighted by atomic mass is 10.0. The number of ether oxygens (including phenoxy) is 3. The van der Waals surface area contributed by atoms with Gasteiger partial charge in [0.15, 0.2) is 0 Å². The minimum Gasteiger partial charge on any atom is -0.466 e. The van der Waals surface area contributed by atoms with Crippen LogP contribution in [-0.2, 0) is 23.8 Å². The summed E-state index contributed by atoms with van der Waals surface area (Å²) in [4.78, 5) is 27.3. The molecule has 7 heteroatoms. The van der Waals surface area contributed by atoms with Crippen LogP contribution in [-0.4, -0.2) is 74.1 Å². The topological polar surface area (TPSA) is 85.3 Å². The van der Waals surface area contributed by atoms with Gasteiger partial charge in [-0.15, -0.1) is 0 Å². The smallest absolute Gasteiger partial charge is 0.306 e. The van der Waals surface area contributed by atoms with E-state index in [4.69, 9.17) is 19.3 Å². The lowest BCUT2D eigenvalue weighted by Gasteiger charge is -2.22. The standard InChI is InChI=1S/C46H91NO6/c1-4-7-10-13-16-25-32-41-52-45(49)35-28-21-17-23-30-37-47(39-42-51-43-40-48)38-31-24-18-22-29-36-46(50)53-44(33-26-19-14-11-8-5-2)34-27-20-15-12-9-6-3/h44,48H,4-43H2,1-3H3. The fraction of sp³-hybridized carbons (Fsp3) is 0.957. The van der Waals surface area contributed by atoms with Gasteiger partial charge in [-0.25, -0.2) is 0 Å². The number of nitrogens with zero attached hydrogens (tertiary/aromatic N) is 1. The van der Waals surface area contributed by atoms with Crippen LogP contribution < -0.4 is 0 Å². The molecule has 53 heavy (non-hydrogen) atoms. The molecule has 0 atom stereocenters. The predicted molar refractivity (Wildman–Crippen MR) is 225 cm³/mol. The molecule has 0 aliphatic heterocycles. The second-order valence-electron chi connectivity index (χ2n) is 15.8. The van der Waals surface area contributed by atoms with E-state index in [0.717, 1.165) is 90.3 Å². The lowest BCUT2D eigenvalue weighted by molar-refractivity contribution is -0.150. The maximum Gasteiger partial charge on any atom is 0.306 e. The Bertz CT molecular complexity index is 734. The molecule has 0 fully saturated rings. The monoisotopic (exact) mass is 754 g/mol. The SMILES string of the molecule is CCCCCCCCCOC(=O)CCCCCCCN(CCCCCCCC(=O)OC(CCCCCCCC)CCCCCCCC)CCOCCO. The minimum atomic E-state index is -0.0313. The second-order valence-corrected chi connectivity index (χ2v) is 15.8. The molecule has 0 saturated heterocycles. The van der Waals surface area contributed by atoms with Gasteiger partial charge in [0.2, 0.25) is 0 Å². The van der Waals surface area contributed by atoms with Crippen LogP contribution in [0.15, 0.2) is 0 Å². The first-order valence-electron chi connectivity index (χ1n) is 23.3. The molecule has 0 unspecified atom stereocenters. The Morgan fingerprint density at radius 2 is 0.868 bits per heavy atom. The summed E-state index contributed by atoms with van der Waals surface area (Å²) in [5.41, 5.74) is 0. The predicted octanol–water partition coefficient (Wildman–Crippen LogP) is 12.7. The van der Waals surface area contributed by atoms with Gasteiger partial charge in [0.1, 0.15) is 6.10 Å². The Kier molecular flexibility index (Phi) is 42.6. The number of carbonyl (C=O) groups is 2. The van der Waals surface area contributed by atoms with Crippen molar-refractivity contribution >= 4 is 11.9 Å². The number of esters is 2. The number of hydrogen-bond acceptors (Lipinski definition) is 7. The van der Waals surface area contributed by atoms with Crippen LogP contribution in [0, 0.1) is 0 Å². The van der Waals surface area contributed by atoms with E-state index in [1.807, 2.05) is 0 Å². The van der Waals surface area contributed by atoms with Crippen LogP contribution in [0.25, 0.3) is 0 Å². The molecule has 0 aliphatic carbocycles. The Balaban J connectivity index is 4.16. The van der Waals surface area contributed by atoms with Gasteiger partial charge in [-0.1, -0.05) is 162 Å². The quantitative estimate of drug-likeness (QED) is 0.0490. The molecule has 0 aliphatic rings. The zero-order valence-electron chi connectivity index (χ0n) is 35.8. The average molecular weight is 754 g/mol. The highest BCUT2D eigenvalue weighted by Crippen LogP contribution is 2.18. The summed E-state index contributed by atoms with van der Waals surface area (Å²) in [6, 6.07) is 0. The van der Waals surface area contributed by atoms with Crippen molar-refractivity contribution in [1.29, 1.82) is 0 Å². The maximum atomic E-state index is 12.8. The lowest BCUT2D eigenvalue weighted by Crippen LogP contribution is -2.30. The van der Waals surface area contributed by atoms with E-state index >= 15 is 0 Å². The van der Waals surface area contributed by atoms with E-state index in [-0.39, 0.29) is 24.6 Å². The van der Waals surface area contributed by atoms with Crippen LogP contribution in [0.1, 0.15) is 233 Å². The number of aliphatic hydroxyl groups is 1. The van der Waals surface area contributed by atoms with E-state index in [1.54, 1.807) is 0 Å². The van der Waals surface area contributed by atoms with Gasteiger partial charge >= 0.3 is 11.9 Å². The van der Waals surface area contributed by atoms with Gasteiger partial charge in [-0.2, -0.15) is 0 Å². The van der Waals surface area contributed by atoms with Crippen LogP contribution in [0.3, 0.4) is 0 Å². The van der Waals surface area contributed by atoms with Gasteiger partial charge in [-0.05, 0) is 70.9 Å². The Morgan fingerprint density at radius 3 is 1.36 bits per heavy atom. The summed E-state index contributed by atoms with van der Waals surface area (Å²) < 4.78 is 17.0. The molecule has 0 radical (unpaired) electrons. The Hall–Kier alpha value is -1.18. The van der Waals surface area contributed by atoms with Gasteiger partial charge in [-0.3, -0.25) is 9.59 Å². The molecular formula is C46H91NO6. The third kappa shape index (κ3) is 40.3. The fourth-order valence-electron chi connectivity index (χ4n) is 7.09. The number of carbonyl (C=O) groups excluding carboxylic acids is 2. The number of hydrogen-bond donors (Lipinski definition) is 1. The van der Waals surface area contributed by atoms with Gasteiger partial charge in [0.05, 0.1) is 26.4 Å². The van der Waals surface area contributed by atoms with E-state index in [2.05, 4.69) is 25.7 Å². The van der Waals surface area contributed by atoms with Crippen molar-refractivity contribution in [3.05, 3.63) is 0 Å². The molecule has 0 amide bonds. The summed E-state index contributed by atoms with van der Waals surface area (Å²) >= 11 is 0. The van der Waals surface area contributed by atoms with Crippen LogP contribution in [0.4, 0.5) is 0 Å². The van der Waals surface area contributed by atoms with Crippen LogP contribution in [0.5, 0.6) is 0 Å². The first-order valence-corrected chi connectivity index (χ1v) is 23.3. The molecule has 0 rings (SSSR count). The van der Waals surface area contributed by atoms with Crippen molar-refractivity contribution in [1.82, 2.24) is 4.90 Å². The molecule has 1 N–H and O–H groups in total. The van der Waals surface area contributed by atoms with Crippen molar-refractivity contribution < 1.29 is 28.9 Å². The summed E-state index contributed by atoms with van der Waals surface area (Å²) in [7, 11) is 0. The fourth-order valence-corrected chi connectivity index (χ4v) is 7.09. The van der Waals surface area contributed by atoms with Crippen molar-refractivity contribution in [3.8, 4) is 0 Å². The summed E-state index contributed by atoms with van der Waals surface area (Å²) in [5.74, 6) is -0.0176. The zero-order chi connectivity index (χ0) is 38.7. The molecule has 0 aromatic carbocycles. The molecule has 316 valence electrons. The van der Waals surface area contributed by atoms with Crippen LogP contribution in [0.2, 0.25) is 0 Å². The first kappa shape index (κ1) is 51.8. The molecule has 0 spiro atoms. The van der Waals surface area contributed by atoms with E-state index in [1.165, 1.54) is 128 Å². The zero-order valence-corrected chi connectivity index (χ0v) is 35.8. The normalized spacial score (nSPS) is 11.6. The highest BCUT2D eigenvalue weighted by Gasteiger charge is 2.14. The van der Waals surface area contributed by atoms with Crippen molar-refractivity contribution in [2.24, 2.45) is 0 Å². The summed E-state index contributed by atoms with van der Waals surface area (Å²) in [5, 5.41) is 9.07. The molecule has 0 saturated carbocycles. The first-order chi connectivity index (χ1) is 26.1. The summed E-state index contributed by atoms with van der Waals surface area (Å²) in [6.45, 7) is 11.5. The largest absolute Gasteiger partial charge is 0.466 e. The molecule has 0 heterocycles. The third-order valence-corrected chi connectivity index (χ3v) is 10.6. The van der Waals surface area contributed by atoms with Crippen molar-refractivity contribution in [2.75, 3.05) is 46.1 Å². The second kappa shape index (κ2) is 43.5. The average Bonchev–Trinajstić information content (AvgIpc) is 3.15. The number of unbranched alkanes of at least 4 members (excludes halogenated alkanes) is 24. The summed E-state index contributed by atoms with van der Waals surface area (Å²) in [6.07, 6.45) is 38.3. The molecular weight excluding hydrogens is 663 g/mol. The number of aliphatic hydroxyl groups excluding tert-OH is 1. The van der Waals surface area contributed by atoms with E-state index in [0.29, 0.717) is 32.7 Å².